The highest BCUT2D eigenvalue weighted by atomic mass is 32.2. The minimum absolute atomic E-state index is 0.341. The molecule has 1 saturated heterocycles. The molecule has 2 rings (SSSR count). The van der Waals surface area contributed by atoms with Crippen LogP contribution in [0.5, 0.6) is 0 Å². The third-order valence-electron chi connectivity index (χ3n) is 2.84. The predicted molar refractivity (Wildman–Crippen MR) is 70.2 cm³/mol. The zero-order valence-corrected chi connectivity index (χ0v) is 11.2. The Morgan fingerprint density at radius 2 is 1.94 bits per heavy atom. The zero-order chi connectivity index (χ0) is 13.0. The summed E-state index contributed by atoms with van der Waals surface area (Å²) in [5, 5.41) is 3.08. The SMILES string of the molecule is CCNc1ccccc1S(=O)(=O)N1CCOCC1. The van der Waals surface area contributed by atoms with Gasteiger partial charge in [-0.15, -0.1) is 0 Å². The second kappa shape index (κ2) is 5.69. The Labute approximate surface area is 108 Å². The molecule has 1 N–H and O–H groups in total. The van der Waals surface area contributed by atoms with Gasteiger partial charge in [-0.05, 0) is 19.1 Å². The van der Waals surface area contributed by atoms with Crippen LogP contribution in [0.15, 0.2) is 29.2 Å². The Balaban J connectivity index is 2.34. The van der Waals surface area contributed by atoms with E-state index in [1.165, 1.54) is 4.31 Å². The van der Waals surface area contributed by atoms with Crippen molar-refractivity contribution >= 4 is 15.7 Å². The van der Waals surface area contributed by atoms with E-state index < -0.39 is 10.0 Å². The van der Waals surface area contributed by atoms with Gasteiger partial charge in [0.15, 0.2) is 0 Å². The van der Waals surface area contributed by atoms with Gasteiger partial charge >= 0.3 is 0 Å². The standard InChI is InChI=1S/C12H18N2O3S/c1-2-13-11-5-3-4-6-12(11)18(15,16)14-7-9-17-10-8-14/h3-6,13H,2,7-10H2,1H3. The molecule has 100 valence electrons. The minimum atomic E-state index is -3.42. The van der Waals surface area contributed by atoms with Gasteiger partial charge in [0.1, 0.15) is 4.90 Å². The number of hydrogen-bond acceptors (Lipinski definition) is 4. The molecule has 0 saturated carbocycles. The van der Waals surface area contributed by atoms with E-state index in [9.17, 15) is 8.42 Å². The van der Waals surface area contributed by atoms with Crippen molar-refractivity contribution in [2.24, 2.45) is 0 Å². The van der Waals surface area contributed by atoms with Crippen molar-refractivity contribution in [3.63, 3.8) is 0 Å². The van der Waals surface area contributed by atoms with Gasteiger partial charge in [0.2, 0.25) is 10.0 Å². The number of anilines is 1. The molecule has 1 aliphatic heterocycles. The average molecular weight is 270 g/mol. The summed E-state index contributed by atoms with van der Waals surface area (Å²) in [6, 6.07) is 7.00. The normalized spacial score (nSPS) is 17.6. The van der Waals surface area contributed by atoms with Gasteiger partial charge in [-0.1, -0.05) is 12.1 Å². The van der Waals surface area contributed by atoms with Crippen molar-refractivity contribution in [3.8, 4) is 0 Å². The number of para-hydroxylation sites is 1. The van der Waals surface area contributed by atoms with E-state index in [4.69, 9.17) is 4.74 Å². The number of morpholine rings is 1. The Hall–Kier alpha value is -1.11. The summed E-state index contributed by atoms with van der Waals surface area (Å²) in [4.78, 5) is 0.341. The minimum Gasteiger partial charge on any atom is -0.384 e. The molecule has 0 aliphatic carbocycles. The Bertz CT molecular complexity index is 496. The highest BCUT2D eigenvalue weighted by molar-refractivity contribution is 7.89. The maximum atomic E-state index is 12.5. The molecule has 0 radical (unpaired) electrons. The van der Waals surface area contributed by atoms with Crippen LogP contribution in [0.3, 0.4) is 0 Å². The Kier molecular flexibility index (Phi) is 4.21. The first-order valence-corrected chi connectivity index (χ1v) is 7.51. The molecule has 5 nitrogen and oxygen atoms in total. The van der Waals surface area contributed by atoms with Gasteiger partial charge < -0.3 is 10.1 Å². The third-order valence-corrected chi connectivity index (χ3v) is 4.80. The second-order valence-corrected chi connectivity index (χ2v) is 5.95. The fourth-order valence-corrected chi connectivity index (χ4v) is 3.53. The van der Waals surface area contributed by atoms with Crippen molar-refractivity contribution in [1.82, 2.24) is 4.31 Å². The lowest BCUT2D eigenvalue weighted by Gasteiger charge is -2.27. The summed E-state index contributed by atoms with van der Waals surface area (Å²) in [5.41, 5.74) is 0.659. The largest absolute Gasteiger partial charge is 0.384 e. The summed E-state index contributed by atoms with van der Waals surface area (Å²) in [7, 11) is -3.42. The van der Waals surface area contributed by atoms with Crippen LogP contribution < -0.4 is 5.32 Å². The Morgan fingerprint density at radius 3 is 2.61 bits per heavy atom. The molecule has 0 atom stereocenters. The predicted octanol–water partition coefficient (Wildman–Crippen LogP) is 1.14. The van der Waals surface area contributed by atoms with Crippen LogP contribution in [0, 0.1) is 0 Å². The first-order chi connectivity index (χ1) is 8.66. The highest BCUT2D eigenvalue weighted by Gasteiger charge is 2.28. The Morgan fingerprint density at radius 1 is 1.28 bits per heavy atom. The topological polar surface area (TPSA) is 58.6 Å². The number of nitrogens with zero attached hydrogens (tertiary/aromatic N) is 1. The smallest absolute Gasteiger partial charge is 0.245 e. The van der Waals surface area contributed by atoms with Crippen LogP contribution in [-0.2, 0) is 14.8 Å². The molecule has 0 bridgehead atoms. The van der Waals surface area contributed by atoms with Crippen LogP contribution in [0.4, 0.5) is 5.69 Å². The van der Waals surface area contributed by atoms with Gasteiger partial charge in [0.05, 0.1) is 18.9 Å². The molecule has 0 unspecified atom stereocenters. The molecule has 1 heterocycles. The molecule has 1 aromatic rings. The first-order valence-electron chi connectivity index (χ1n) is 6.07. The fourth-order valence-electron chi connectivity index (χ4n) is 1.95. The molecular formula is C12H18N2O3S. The molecule has 1 aliphatic rings. The lowest BCUT2D eigenvalue weighted by Crippen LogP contribution is -2.40. The van der Waals surface area contributed by atoms with E-state index in [1.54, 1.807) is 18.2 Å². The molecule has 1 aromatic carbocycles. The number of nitrogens with one attached hydrogen (secondary N) is 1. The van der Waals surface area contributed by atoms with Crippen LogP contribution in [0.1, 0.15) is 6.92 Å². The zero-order valence-electron chi connectivity index (χ0n) is 10.4. The molecule has 0 spiro atoms. The van der Waals surface area contributed by atoms with E-state index in [-0.39, 0.29) is 0 Å². The number of rotatable bonds is 4. The van der Waals surface area contributed by atoms with Gasteiger partial charge in [-0.2, -0.15) is 4.31 Å². The molecular weight excluding hydrogens is 252 g/mol. The van der Waals surface area contributed by atoms with E-state index in [0.29, 0.717) is 43.4 Å². The summed E-state index contributed by atoms with van der Waals surface area (Å²) in [6.07, 6.45) is 0. The summed E-state index contributed by atoms with van der Waals surface area (Å²) >= 11 is 0. The number of ether oxygens (including phenoxy) is 1. The second-order valence-electron chi connectivity index (χ2n) is 4.04. The molecule has 6 heteroatoms. The molecule has 0 amide bonds. The van der Waals surface area contributed by atoms with Crippen molar-refractivity contribution < 1.29 is 13.2 Å². The van der Waals surface area contributed by atoms with Crippen molar-refractivity contribution in [3.05, 3.63) is 24.3 Å². The average Bonchev–Trinajstić information content (AvgIpc) is 2.41. The van der Waals surface area contributed by atoms with Crippen molar-refractivity contribution in [1.29, 1.82) is 0 Å². The highest BCUT2D eigenvalue weighted by Crippen LogP contribution is 2.24. The number of benzene rings is 1. The lowest BCUT2D eigenvalue weighted by atomic mass is 10.3. The molecule has 0 aromatic heterocycles. The number of hydrogen-bond donors (Lipinski definition) is 1. The fraction of sp³-hybridized carbons (Fsp3) is 0.500. The maximum Gasteiger partial charge on any atom is 0.245 e. The van der Waals surface area contributed by atoms with E-state index in [2.05, 4.69) is 5.32 Å². The monoisotopic (exact) mass is 270 g/mol. The molecule has 18 heavy (non-hydrogen) atoms. The maximum absolute atomic E-state index is 12.5. The van der Waals surface area contributed by atoms with Gasteiger partial charge in [-0.3, -0.25) is 0 Å². The first kappa shape index (κ1) is 13.3. The van der Waals surface area contributed by atoms with Crippen molar-refractivity contribution in [2.45, 2.75) is 11.8 Å². The van der Waals surface area contributed by atoms with Crippen LogP contribution >= 0.6 is 0 Å². The van der Waals surface area contributed by atoms with Crippen LogP contribution in [0.25, 0.3) is 0 Å². The van der Waals surface area contributed by atoms with Crippen LogP contribution in [-0.4, -0.2) is 45.6 Å². The van der Waals surface area contributed by atoms with Gasteiger partial charge in [0, 0.05) is 19.6 Å². The van der Waals surface area contributed by atoms with E-state index >= 15 is 0 Å². The summed E-state index contributed by atoms with van der Waals surface area (Å²) in [6.45, 7) is 4.39. The van der Waals surface area contributed by atoms with E-state index in [0.717, 1.165) is 0 Å². The van der Waals surface area contributed by atoms with E-state index in [1.807, 2.05) is 13.0 Å². The molecule has 1 fully saturated rings. The third kappa shape index (κ3) is 2.66. The quantitative estimate of drug-likeness (QED) is 0.891. The number of sulfonamides is 1. The van der Waals surface area contributed by atoms with Gasteiger partial charge in [0.25, 0.3) is 0 Å². The lowest BCUT2D eigenvalue weighted by molar-refractivity contribution is 0.0730. The summed E-state index contributed by atoms with van der Waals surface area (Å²) < 4.78 is 31.7. The van der Waals surface area contributed by atoms with Crippen LogP contribution in [0.2, 0.25) is 0 Å². The van der Waals surface area contributed by atoms with Gasteiger partial charge in [-0.25, -0.2) is 8.42 Å². The summed E-state index contributed by atoms with van der Waals surface area (Å²) in [5.74, 6) is 0. The van der Waals surface area contributed by atoms with Crippen molar-refractivity contribution in [2.75, 3.05) is 38.2 Å².